The summed E-state index contributed by atoms with van der Waals surface area (Å²) >= 11 is 5.51. The minimum absolute atomic E-state index is 0.0908. The van der Waals surface area contributed by atoms with Crippen molar-refractivity contribution in [3.05, 3.63) is 22.8 Å². The van der Waals surface area contributed by atoms with Crippen LogP contribution in [0.2, 0.25) is 0 Å². The van der Waals surface area contributed by atoms with E-state index >= 15 is 0 Å². The molecule has 0 spiro atoms. The van der Waals surface area contributed by atoms with Gasteiger partial charge in [-0.1, -0.05) is 12.2 Å². The fraction of sp³-hybridized carbons (Fsp3) is 0.500. The number of hydrogen-bond acceptors (Lipinski definition) is 3. The van der Waals surface area contributed by atoms with Crippen LogP contribution in [0, 0.1) is 6.92 Å². The number of aryl methyl sites for hydroxylation is 1. The van der Waals surface area contributed by atoms with Gasteiger partial charge in [0.05, 0.1) is 12.1 Å². The van der Waals surface area contributed by atoms with Crippen LogP contribution in [-0.4, -0.2) is 17.0 Å². The van der Waals surface area contributed by atoms with E-state index in [1.165, 1.54) is 22.4 Å². The molecule has 1 aromatic rings. The van der Waals surface area contributed by atoms with E-state index in [4.69, 9.17) is 17.0 Å². The molecule has 0 unspecified atom stereocenters. The summed E-state index contributed by atoms with van der Waals surface area (Å²) in [5.41, 5.74) is 5.16. The van der Waals surface area contributed by atoms with E-state index in [-0.39, 0.29) is 5.54 Å². The number of fused-ring (bicyclic) bond motifs is 3. The maximum Gasteiger partial charge on any atom is 0.124 e. The average molecular weight is 247 g/mol. The first kappa shape index (κ1) is 11.0. The molecular formula is C14H17NOS. The predicted molar refractivity (Wildman–Crippen MR) is 74.4 cm³/mol. The second kappa shape index (κ2) is 3.45. The Morgan fingerprint density at radius 3 is 2.88 bits per heavy atom. The van der Waals surface area contributed by atoms with Gasteiger partial charge in [0.25, 0.3) is 0 Å². The Labute approximate surface area is 107 Å². The van der Waals surface area contributed by atoms with Crippen LogP contribution in [0.1, 0.15) is 30.5 Å². The van der Waals surface area contributed by atoms with E-state index in [9.17, 15) is 0 Å². The van der Waals surface area contributed by atoms with E-state index in [0.29, 0.717) is 0 Å². The summed E-state index contributed by atoms with van der Waals surface area (Å²) in [5, 5.41) is 3.61. The van der Waals surface area contributed by atoms with Gasteiger partial charge in [0.15, 0.2) is 0 Å². The molecule has 1 N–H and O–H groups in total. The molecule has 0 aromatic heterocycles. The van der Waals surface area contributed by atoms with Gasteiger partial charge >= 0.3 is 0 Å². The number of thiocarbonyl (C=S) groups is 1. The third-order valence-corrected chi connectivity index (χ3v) is 4.46. The number of anilines is 1. The molecule has 2 aliphatic heterocycles. The molecule has 2 nitrogen and oxygen atoms in total. The van der Waals surface area contributed by atoms with Crippen LogP contribution in [0.4, 0.5) is 5.69 Å². The maximum absolute atomic E-state index is 5.67. The lowest BCUT2D eigenvalue weighted by molar-refractivity contribution is 0.356. The van der Waals surface area contributed by atoms with Crippen LogP contribution >= 0.6 is 12.2 Å². The lowest BCUT2D eigenvalue weighted by atomic mass is 9.85. The summed E-state index contributed by atoms with van der Waals surface area (Å²) in [5.74, 6) is 1.05. The van der Waals surface area contributed by atoms with E-state index in [2.05, 4.69) is 32.2 Å². The van der Waals surface area contributed by atoms with Gasteiger partial charge in [-0.3, -0.25) is 0 Å². The summed E-state index contributed by atoms with van der Waals surface area (Å²) in [7, 11) is 0. The first-order chi connectivity index (χ1) is 7.99. The van der Waals surface area contributed by atoms with Crippen LogP contribution in [-0.2, 0) is 12.8 Å². The minimum atomic E-state index is -0.0908. The summed E-state index contributed by atoms with van der Waals surface area (Å²) < 4.78 is 5.67. The lowest BCUT2D eigenvalue weighted by Gasteiger charge is -2.36. The first-order valence-corrected chi connectivity index (χ1v) is 6.49. The molecule has 0 bridgehead atoms. The number of hydrogen-bond donors (Lipinski definition) is 1. The number of benzene rings is 1. The molecule has 90 valence electrons. The number of rotatable bonds is 0. The lowest BCUT2D eigenvalue weighted by Crippen LogP contribution is -2.44. The number of ether oxygens (including phenoxy) is 1. The van der Waals surface area contributed by atoms with Gasteiger partial charge in [-0.15, -0.1) is 0 Å². The normalized spacial score (nSPS) is 20.3. The molecular weight excluding hydrogens is 230 g/mol. The van der Waals surface area contributed by atoms with E-state index in [1.807, 2.05) is 0 Å². The summed E-state index contributed by atoms with van der Waals surface area (Å²) in [4.78, 5) is 1.09. The van der Waals surface area contributed by atoms with Gasteiger partial charge in [0.2, 0.25) is 0 Å². The molecule has 0 radical (unpaired) electrons. The highest BCUT2D eigenvalue weighted by Crippen LogP contribution is 2.41. The molecule has 0 saturated heterocycles. The molecule has 0 saturated carbocycles. The Morgan fingerprint density at radius 1 is 1.35 bits per heavy atom. The standard InChI is InChI=1S/C14H17NOS/c1-8-6-11-9(4-5-16-11)13-10(8)7-12(17)14(2,3)15-13/h6,15H,4-5,7H2,1-3H3. The number of nitrogens with one attached hydrogen (secondary N) is 1. The summed E-state index contributed by atoms with van der Waals surface area (Å²) in [6.45, 7) is 7.26. The molecule has 3 rings (SSSR count). The predicted octanol–water partition coefficient (Wildman–Crippen LogP) is 3.05. The summed E-state index contributed by atoms with van der Waals surface area (Å²) in [6, 6.07) is 2.16. The second-order valence-corrected chi connectivity index (χ2v) is 5.96. The van der Waals surface area contributed by atoms with E-state index in [1.54, 1.807) is 0 Å². The Bertz CT molecular complexity index is 519. The topological polar surface area (TPSA) is 21.3 Å². The quantitative estimate of drug-likeness (QED) is 0.712. The minimum Gasteiger partial charge on any atom is -0.493 e. The van der Waals surface area contributed by atoms with Gasteiger partial charge in [0, 0.05) is 29.0 Å². The van der Waals surface area contributed by atoms with Crippen molar-refractivity contribution in [3.8, 4) is 5.75 Å². The molecule has 2 aliphatic rings. The summed E-state index contributed by atoms with van der Waals surface area (Å²) in [6.07, 6.45) is 1.91. The van der Waals surface area contributed by atoms with Crippen molar-refractivity contribution >= 4 is 22.8 Å². The zero-order valence-electron chi connectivity index (χ0n) is 10.5. The van der Waals surface area contributed by atoms with Crippen LogP contribution in [0.3, 0.4) is 0 Å². The molecule has 2 heterocycles. The highest BCUT2D eigenvalue weighted by Gasteiger charge is 2.33. The Kier molecular flexibility index (Phi) is 2.24. The van der Waals surface area contributed by atoms with Crippen LogP contribution in [0.5, 0.6) is 5.75 Å². The fourth-order valence-corrected chi connectivity index (χ4v) is 2.85. The maximum atomic E-state index is 5.67. The Morgan fingerprint density at radius 2 is 2.12 bits per heavy atom. The molecule has 0 atom stereocenters. The van der Waals surface area contributed by atoms with Crippen molar-refractivity contribution in [2.24, 2.45) is 0 Å². The van der Waals surface area contributed by atoms with E-state index in [0.717, 1.165) is 30.1 Å². The van der Waals surface area contributed by atoms with Crippen LogP contribution in [0.15, 0.2) is 6.07 Å². The zero-order valence-corrected chi connectivity index (χ0v) is 11.3. The molecule has 3 heteroatoms. The molecule has 0 aliphatic carbocycles. The van der Waals surface area contributed by atoms with Gasteiger partial charge in [-0.05, 0) is 38.0 Å². The van der Waals surface area contributed by atoms with Crippen molar-refractivity contribution in [2.45, 2.75) is 39.2 Å². The third kappa shape index (κ3) is 1.56. The average Bonchev–Trinajstić information content (AvgIpc) is 2.69. The van der Waals surface area contributed by atoms with Gasteiger partial charge in [0.1, 0.15) is 5.75 Å². The SMILES string of the molecule is Cc1cc2c(c3c1CC(=S)C(C)(C)N3)CCO2. The fourth-order valence-electron chi connectivity index (χ4n) is 2.66. The zero-order chi connectivity index (χ0) is 12.2. The smallest absolute Gasteiger partial charge is 0.124 e. The van der Waals surface area contributed by atoms with E-state index < -0.39 is 0 Å². The second-order valence-electron chi connectivity index (χ2n) is 5.47. The van der Waals surface area contributed by atoms with Crippen LogP contribution in [0.25, 0.3) is 0 Å². The van der Waals surface area contributed by atoms with Gasteiger partial charge in [-0.2, -0.15) is 0 Å². The third-order valence-electron chi connectivity index (χ3n) is 3.81. The molecule has 0 fully saturated rings. The van der Waals surface area contributed by atoms with Gasteiger partial charge in [-0.25, -0.2) is 0 Å². The molecule has 17 heavy (non-hydrogen) atoms. The van der Waals surface area contributed by atoms with Crippen molar-refractivity contribution in [3.63, 3.8) is 0 Å². The Balaban J connectivity index is 2.20. The first-order valence-electron chi connectivity index (χ1n) is 6.08. The van der Waals surface area contributed by atoms with Crippen molar-refractivity contribution in [1.82, 2.24) is 0 Å². The van der Waals surface area contributed by atoms with Crippen molar-refractivity contribution < 1.29 is 4.74 Å². The molecule has 0 amide bonds. The van der Waals surface area contributed by atoms with Crippen LogP contribution < -0.4 is 10.1 Å². The van der Waals surface area contributed by atoms with Gasteiger partial charge < -0.3 is 10.1 Å². The highest BCUT2D eigenvalue weighted by atomic mass is 32.1. The largest absolute Gasteiger partial charge is 0.493 e. The molecule has 1 aromatic carbocycles. The monoisotopic (exact) mass is 247 g/mol. The van der Waals surface area contributed by atoms with Crippen molar-refractivity contribution in [1.29, 1.82) is 0 Å². The Hall–Kier alpha value is -1.09. The van der Waals surface area contributed by atoms with Crippen molar-refractivity contribution in [2.75, 3.05) is 11.9 Å². The highest BCUT2D eigenvalue weighted by molar-refractivity contribution is 7.80.